The van der Waals surface area contributed by atoms with Crippen LogP contribution in [0.2, 0.25) is 0 Å². The van der Waals surface area contributed by atoms with Gasteiger partial charge in [0.2, 0.25) is 6.39 Å². The van der Waals surface area contributed by atoms with Gasteiger partial charge in [0.15, 0.2) is 0 Å². The van der Waals surface area contributed by atoms with Crippen molar-refractivity contribution in [1.82, 2.24) is 10.1 Å². The third-order valence-electron chi connectivity index (χ3n) is 0.838. The zero-order valence-electron chi connectivity index (χ0n) is 6.19. The molecule has 1 atom stereocenters. The normalized spacial score (nSPS) is 14.5. The van der Waals surface area contributed by atoms with E-state index in [9.17, 15) is 4.57 Å². The lowest BCUT2D eigenvalue weighted by atomic mass is 11.2. The number of phosphoric ester groups is 1. The smallest absolute Gasteiger partial charge is 0.403 e. The molecule has 0 radical (unpaired) electrons. The van der Waals surface area contributed by atoms with E-state index in [1.807, 2.05) is 0 Å². The molecular formula is C4H5N2O5PS. The summed E-state index contributed by atoms with van der Waals surface area (Å²) in [5.74, 6) is 0. The molecule has 0 N–H and O–H groups in total. The van der Waals surface area contributed by atoms with Crippen molar-refractivity contribution in [1.29, 1.82) is 0 Å². The fourth-order valence-corrected chi connectivity index (χ4v) is 1.24. The van der Waals surface area contributed by atoms with Crippen LogP contribution in [0.5, 0.6) is 6.01 Å². The predicted octanol–water partition coefficient (Wildman–Crippen LogP) is 1.58. The van der Waals surface area contributed by atoms with Crippen molar-refractivity contribution in [3.05, 3.63) is 19.2 Å². The molecule has 0 aliphatic rings. The maximum Gasteiger partial charge on any atom is 0.600 e. The topological polar surface area (TPSA) is 83.7 Å². The summed E-state index contributed by atoms with van der Waals surface area (Å²) in [7, 11) is -3.83. The molecule has 0 bridgehead atoms. The Labute approximate surface area is 78.9 Å². The van der Waals surface area contributed by atoms with Crippen LogP contribution in [0.1, 0.15) is 0 Å². The van der Waals surface area contributed by atoms with Gasteiger partial charge in [-0.1, -0.05) is 6.58 Å². The highest BCUT2D eigenvalue weighted by Gasteiger charge is 2.29. The fourth-order valence-electron chi connectivity index (χ4n) is 0.450. The van der Waals surface area contributed by atoms with Crippen LogP contribution in [0.15, 0.2) is 23.8 Å². The Morgan fingerprint density at radius 3 is 3.00 bits per heavy atom. The van der Waals surface area contributed by atoms with E-state index < -0.39 is 7.82 Å². The molecule has 9 heteroatoms. The zero-order chi connectivity index (χ0) is 9.73. The summed E-state index contributed by atoms with van der Waals surface area (Å²) >= 11 is 3.30. The first-order valence-corrected chi connectivity index (χ1v) is 4.71. The third-order valence-corrected chi connectivity index (χ3v) is 2.43. The first-order chi connectivity index (χ1) is 6.20. The van der Waals surface area contributed by atoms with Crippen LogP contribution in [0.3, 0.4) is 0 Å². The van der Waals surface area contributed by atoms with E-state index in [1.165, 1.54) is 0 Å². The van der Waals surface area contributed by atoms with Crippen LogP contribution >= 0.6 is 20.7 Å². The minimum atomic E-state index is -3.83. The second-order valence-electron chi connectivity index (χ2n) is 1.61. The van der Waals surface area contributed by atoms with E-state index in [0.717, 1.165) is 12.7 Å². The second-order valence-corrected chi connectivity index (χ2v) is 3.55. The molecular weight excluding hydrogens is 219 g/mol. The molecule has 13 heavy (non-hydrogen) atoms. The number of hydrogen-bond acceptors (Lipinski definition) is 8. The minimum absolute atomic E-state index is 0.278. The maximum atomic E-state index is 11.3. The summed E-state index contributed by atoms with van der Waals surface area (Å²) in [6.45, 7) is 3.17. The van der Waals surface area contributed by atoms with Crippen molar-refractivity contribution in [3.8, 4) is 6.01 Å². The Hall–Kier alpha value is -0.980. The summed E-state index contributed by atoms with van der Waals surface area (Å²) in [5, 5.41) is 3.22. The van der Waals surface area contributed by atoms with Gasteiger partial charge in [0.05, 0.1) is 6.26 Å². The number of nitrogens with zero attached hydrogens (tertiary/aromatic N) is 2. The Morgan fingerprint density at radius 1 is 1.77 bits per heavy atom. The van der Waals surface area contributed by atoms with Crippen molar-refractivity contribution in [2.75, 3.05) is 0 Å². The number of thiol groups is 1. The standard InChI is InChI=1S/C4H5N2O5PS/c1-2-9-12(7,11-13)10-4-5-3-8-6-4/h2-3,13H,1H2. The molecule has 0 aliphatic heterocycles. The molecule has 72 valence electrons. The highest BCUT2D eigenvalue weighted by molar-refractivity contribution is 7.80. The van der Waals surface area contributed by atoms with Gasteiger partial charge in [-0.2, -0.15) is 8.95 Å². The fraction of sp³-hybridized carbons (Fsp3) is 0. The van der Waals surface area contributed by atoms with Gasteiger partial charge >= 0.3 is 13.8 Å². The average molecular weight is 224 g/mol. The van der Waals surface area contributed by atoms with Gasteiger partial charge in [0.1, 0.15) is 0 Å². The van der Waals surface area contributed by atoms with Crippen molar-refractivity contribution < 1.29 is 22.1 Å². The van der Waals surface area contributed by atoms with Crippen molar-refractivity contribution in [2.45, 2.75) is 0 Å². The molecule has 0 aromatic carbocycles. The second kappa shape index (κ2) is 4.31. The first-order valence-electron chi connectivity index (χ1n) is 2.88. The van der Waals surface area contributed by atoms with E-state index in [1.54, 1.807) is 0 Å². The lowest BCUT2D eigenvalue weighted by Crippen LogP contribution is -1.95. The van der Waals surface area contributed by atoms with Gasteiger partial charge in [-0.25, -0.2) is 4.57 Å². The number of rotatable bonds is 5. The van der Waals surface area contributed by atoms with Crippen LogP contribution in [0.25, 0.3) is 0 Å². The van der Waals surface area contributed by atoms with Gasteiger partial charge in [-0.3, -0.25) is 0 Å². The quantitative estimate of drug-likeness (QED) is 0.351. The molecule has 1 unspecified atom stereocenters. The molecule has 0 spiro atoms. The highest BCUT2D eigenvalue weighted by Crippen LogP contribution is 2.49. The van der Waals surface area contributed by atoms with E-state index in [4.69, 9.17) is 0 Å². The van der Waals surface area contributed by atoms with E-state index >= 15 is 0 Å². The Bertz CT molecular complexity index is 314. The van der Waals surface area contributed by atoms with Crippen LogP contribution in [0, 0.1) is 0 Å². The number of phosphoric acid groups is 1. The molecule has 0 saturated carbocycles. The largest absolute Gasteiger partial charge is 0.600 e. The lowest BCUT2D eigenvalue weighted by molar-refractivity contribution is 0.274. The van der Waals surface area contributed by atoms with Gasteiger partial charge < -0.3 is 13.6 Å². The van der Waals surface area contributed by atoms with Gasteiger partial charge in [0, 0.05) is 0 Å². The summed E-state index contributed by atoms with van der Waals surface area (Å²) in [4.78, 5) is 3.43. The SMILES string of the molecule is C=COP(=O)(OS)Oc1ncon1. The molecule has 1 aromatic heterocycles. The number of hydrogen-bond donors (Lipinski definition) is 1. The van der Waals surface area contributed by atoms with Crippen molar-refractivity contribution in [2.24, 2.45) is 0 Å². The van der Waals surface area contributed by atoms with Gasteiger partial charge in [0.25, 0.3) is 0 Å². The van der Waals surface area contributed by atoms with Crippen LogP contribution in [0.4, 0.5) is 0 Å². The predicted molar refractivity (Wildman–Crippen MR) is 43.9 cm³/mol. The Kier molecular flexibility index (Phi) is 3.35. The van der Waals surface area contributed by atoms with E-state index in [2.05, 4.69) is 47.2 Å². The summed E-state index contributed by atoms with van der Waals surface area (Å²) in [5.41, 5.74) is 0. The van der Waals surface area contributed by atoms with Gasteiger partial charge in [-0.15, -0.1) is 0 Å². The minimum Gasteiger partial charge on any atom is -0.403 e. The average Bonchev–Trinajstić information content (AvgIpc) is 2.57. The molecule has 1 rings (SSSR count). The monoisotopic (exact) mass is 224 g/mol. The first kappa shape index (κ1) is 10.1. The summed E-state index contributed by atoms with van der Waals surface area (Å²) in [6, 6.07) is -0.278. The van der Waals surface area contributed by atoms with Crippen molar-refractivity contribution in [3.63, 3.8) is 0 Å². The maximum absolute atomic E-state index is 11.3. The molecule has 0 aliphatic carbocycles. The highest BCUT2D eigenvalue weighted by atomic mass is 32.1. The Morgan fingerprint density at radius 2 is 2.54 bits per heavy atom. The lowest BCUT2D eigenvalue weighted by Gasteiger charge is -2.09. The zero-order valence-corrected chi connectivity index (χ0v) is 7.98. The molecule has 0 fully saturated rings. The van der Waals surface area contributed by atoms with E-state index in [0.29, 0.717) is 0 Å². The third kappa shape index (κ3) is 2.76. The molecule has 7 nitrogen and oxygen atoms in total. The van der Waals surface area contributed by atoms with Gasteiger partial charge in [-0.05, 0) is 18.1 Å². The molecule has 1 heterocycles. The van der Waals surface area contributed by atoms with Crippen molar-refractivity contribution >= 4 is 20.7 Å². The molecule has 0 amide bonds. The Balaban J connectivity index is 2.69. The summed E-state index contributed by atoms with van der Waals surface area (Å²) in [6.07, 6.45) is 1.88. The van der Waals surface area contributed by atoms with Crippen LogP contribution < -0.4 is 4.52 Å². The van der Waals surface area contributed by atoms with Crippen LogP contribution in [-0.2, 0) is 13.1 Å². The molecule has 1 aromatic rings. The summed E-state index contributed by atoms with van der Waals surface area (Å²) < 4.78 is 28.8. The van der Waals surface area contributed by atoms with Crippen LogP contribution in [-0.4, -0.2) is 10.1 Å². The molecule has 0 saturated heterocycles. The number of aromatic nitrogens is 2. The van der Waals surface area contributed by atoms with E-state index in [-0.39, 0.29) is 6.01 Å².